The fourth-order valence-electron chi connectivity index (χ4n) is 3.09. The van der Waals surface area contributed by atoms with Crippen LogP contribution < -0.4 is 15.8 Å². The number of hydrogen-bond acceptors (Lipinski definition) is 5. The van der Waals surface area contributed by atoms with E-state index in [-0.39, 0.29) is 17.6 Å². The Hall–Kier alpha value is -2.48. The van der Waals surface area contributed by atoms with Gasteiger partial charge in [-0.25, -0.2) is 4.98 Å². The molecule has 30 heavy (non-hydrogen) atoms. The molecule has 0 unspecified atom stereocenters. The van der Waals surface area contributed by atoms with E-state index in [1.165, 1.54) is 11.8 Å². The number of aryl methyl sites for hydroxylation is 1. The van der Waals surface area contributed by atoms with Crippen LogP contribution in [0.5, 0.6) is 0 Å². The molecule has 1 heterocycles. The van der Waals surface area contributed by atoms with Crippen LogP contribution in [0.3, 0.4) is 0 Å². The third kappa shape index (κ3) is 6.26. The van der Waals surface area contributed by atoms with Crippen LogP contribution in [0.25, 0.3) is 0 Å². The average Bonchev–Trinajstić information content (AvgIpc) is 2.99. The second-order valence-electron chi connectivity index (χ2n) is 7.58. The minimum atomic E-state index is -0.340. The Morgan fingerprint density at radius 2 is 1.73 bits per heavy atom. The molecule has 2 rings (SSSR count). The molecule has 7 nitrogen and oxygen atoms in total. The van der Waals surface area contributed by atoms with Gasteiger partial charge in [-0.3, -0.25) is 20.4 Å². The maximum atomic E-state index is 12.3. The first-order valence-electron chi connectivity index (χ1n) is 10.4. The Kier molecular flexibility index (Phi) is 8.77. The topological polar surface area (TPSA) is 79.3 Å². The van der Waals surface area contributed by atoms with Crippen molar-refractivity contribution in [3.63, 3.8) is 0 Å². The van der Waals surface area contributed by atoms with Crippen LogP contribution in [0.2, 0.25) is 0 Å². The normalized spacial score (nSPS) is 10.9. The number of hydrazine groups is 1. The number of carbonyl (C=O) groups is 2. The Morgan fingerprint density at radius 3 is 2.30 bits per heavy atom. The largest absolute Gasteiger partial charge is 0.372 e. The van der Waals surface area contributed by atoms with Gasteiger partial charge in [0.05, 0.1) is 11.4 Å². The molecule has 0 spiro atoms. The first kappa shape index (κ1) is 23.8. The molecule has 2 amide bonds. The maximum Gasteiger partial charge on any atom is 0.269 e. The third-order valence-electron chi connectivity index (χ3n) is 4.88. The highest BCUT2D eigenvalue weighted by Gasteiger charge is 2.15. The van der Waals surface area contributed by atoms with Gasteiger partial charge in [0.2, 0.25) is 5.91 Å². The molecule has 0 bridgehead atoms. The van der Waals surface area contributed by atoms with Crippen LogP contribution >= 0.6 is 11.8 Å². The number of hydrogen-bond donors (Lipinski definition) is 2. The van der Waals surface area contributed by atoms with Crippen molar-refractivity contribution in [3.05, 3.63) is 41.2 Å². The van der Waals surface area contributed by atoms with Crippen molar-refractivity contribution in [2.45, 2.75) is 53.2 Å². The first-order chi connectivity index (χ1) is 14.3. The second kappa shape index (κ2) is 11.1. The number of anilines is 1. The van der Waals surface area contributed by atoms with E-state index in [9.17, 15) is 9.59 Å². The summed E-state index contributed by atoms with van der Waals surface area (Å²) in [5.74, 6) is 0.0441. The molecule has 1 aromatic heterocycles. The molecule has 2 N–H and O–H groups in total. The number of nitrogens with one attached hydrogen (secondary N) is 2. The number of imidazole rings is 1. The lowest BCUT2D eigenvalue weighted by molar-refractivity contribution is -0.119. The van der Waals surface area contributed by atoms with Crippen molar-refractivity contribution in [3.8, 4) is 0 Å². The smallest absolute Gasteiger partial charge is 0.269 e. The number of amides is 2. The zero-order chi connectivity index (χ0) is 22.3. The standard InChI is InChI=1S/C22H33N5O2S/c1-7-26(8-2)19-11-9-18(10-12-19)21(29)25-24-20(28)14-30-22-23-16(5)17(6)27(22)13-15(3)4/h9-12,15H,7-8,13-14H2,1-6H3,(H,24,28)(H,25,29). The van der Waals surface area contributed by atoms with Gasteiger partial charge in [0.15, 0.2) is 5.16 Å². The van der Waals surface area contributed by atoms with Gasteiger partial charge in [-0.05, 0) is 57.9 Å². The number of aromatic nitrogens is 2. The number of benzene rings is 1. The molecule has 2 aromatic rings. The number of thioether (sulfide) groups is 1. The highest BCUT2D eigenvalue weighted by Crippen LogP contribution is 2.22. The molecule has 0 aliphatic rings. The number of nitrogens with zero attached hydrogens (tertiary/aromatic N) is 3. The lowest BCUT2D eigenvalue weighted by atomic mass is 10.2. The zero-order valence-corrected chi connectivity index (χ0v) is 19.6. The lowest BCUT2D eigenvalue weighted by Crippen LogP contribution is -2.42. The van der Waals surface area contributed by atoms with Gasteiger partial charge < -0.3 is 9.47 Å². The highest BCUT2D eigenvalue weighted by molar-refractivity contribution is 7.99. The summed E-state index contributed by atoms with van der Waals surface area (Å²) in [6, 6.07) is 7.36. The Morgan fingerprint density at radius 1 is 1.10 bits per heavy atom. The lowest BCUT2D eigenvalue weighted by Gasteiger charge is -2.21. The molecule has 0 fully saturated rings. The zero-order valence-electron chi connectivity index (χ0n) is 18.8. The quantitative estimate of drug-likeness (QED) is 0.469. The maximum absolute atomic E-state index is 12.3. The van der Waals surface area contributed by atoms with Gasteiger partial charge in [0.1, 0.15) is 0 Å². The second-order valence-corrected chi connectivity index (χ2v) is 8.52. The van der Waals surface area contributed by atoms with Gasteiger partial charge in [0.25, 0.3) is 5.91 Å². The van der Waals surface area contributed by atoms with Gasteiger partial charge in [-0.15, -0.1) is 0 Å². The van der Waals surface area contributed by atoms with Gasteiger partial charge in [0, 0.05) is 36.6 Å². The molecule has 8 heteroatoms. The van der Waals surface area contributed by atoms with Crippen LogP contribution in [-0.4, -0.2) is 40.2 Å². The van der Waals surface area contributed by atoms with E-state index in [4.69, 9.17) is 0 Å². The predicted octanol–water partition coefficient (Wildman–Crippen LogP) is 3.56. The number of rotatable bonds is 9. The van der Waals surface area contributed by atoms with E-state index in [0.717, 1.165) is 41.9 Å². The van der Waals surface area contributed by atoms with E-state index >= 15 is 0 Å². The van der Waals surface area contributed by atoms with Crippen molar-refractivity contribution < 1.29 is 9.59 Å². The van der Waals surface area contributed by atoms with Crippen molar-refractivity contribution in [2.75, 3.05) is 23.7 Å². The summed E-state index contributed by atoms with van der Waals surface area (Å²) >= 11 is 1.37. The van der Waals surface area contributed by atoms with E-state index in [1.807, 2.05) is 26.0 Å². The van der Waals surface area contributed by atoms with E-state index < -0.39 is 0 Å². The molecule has 164 valence electrons. The summed E-state index contributed by atoms with van der Waals surface area (Å²) in [5.41, 5.74) is 8.63. The summed E-state index contributed by atoms with van der Waals surface area (Å²) in [7, 11) is 0. The molecule has 0 saturated heterocycles. The van der Waals surface area contributed by atoms with Crippen LogP contribution in [0.1, 0.15) is 49.4 Å². The summed E-state index contributed by atoms with van der Waals surface area (Å²) in [4.78, 5) is 31.3. The summed E-state index contributed by atoms with van der Waals surface area (Å²) in [5, 5.41) is 0.826. The van der Waals surface area contributed by atoms with Crippen molar-refractivity contribution in [2.24, 2.45) is 5.92 Å². The molecule has 0 radical (unpaired) electrons. The minimum absolute atomic E-state index is 0.176. The monoisotopic (exact) mass is 431 g/mol. The van der Waals surface area contributed by atoms with E-state index in [0.29, 0.717) is 11.5 Å². The Bertz CT molecular complexity index is 857. The molecular weight excluding hydrogens is 398 g/mol. The van der Waals surface area contributed by atoms with Crippen molar-refractivity contribution >= 4 is 29.3 Å². The fraction of sp³-hybridized carbons (Fsp3) is 0.500. The van der Waals surface area contributed by atoms with Gasteiger partial charge in [-0.2, -0.15) is 0 Å². The van der Waals surface area contributed by atoms with Crippen LogP contribution in [-0.2, 0) is 11.3 Å². The van der Waals surface area contributed by atoms with E-state index in [2.05, 4.69) is 53.0 Å². The van der Waals surface area contributed by atoms with Crippen molar-refractivity contribution in [1.29, 1.82) is 0 Å². The van der Waals surface area contributed by atoms with E-state index in [1.54, 1.807) is 12.1 Å². The number of carbonyl (C=O) groups excluding carboxylic acids is 2. The molecule has 0 saturated carbocycles. The average molecular weight is 432 g/mol. The Balaban J connectivity index is 1.88. The SMILES string of the molecule is CCN(CC)c1ccc(C(=O)NNC(=O)CSc2nc(C)c(C)n2CC(C)C)cc1. The predicted molar refractivity (Wildman–Crippen MR) is 123 cm³/mol. The molecule has 1 aromatic carbocycles. The fourth-order valence-corrected chi connectivity index (χ4v) is 3.99. The third-order valence-corrected chi connectivity index (χ3v) is 5.85. The summed E-state index contributed by atoms with van der Waals surface area (Å²) < 4.78 is 2.15. The van der Waals surface area contributed by atoms with Crippen molar-refractivity contribution in [1.82, 2.24) is 20.4 Å². The Labute approximate surface area is 183 Å². The molecule has 0 aliphatic heterocycles. The van der Waals surface area contributed by atoms with Crippen LogP contribution in [0.15, 0.2) is 29.4 Å². The molecule has 0 aliphatic carbocycles. The minimum Gasteiger partial charge on any atom is -0.372 e. The molecule has 0 atom stereocenters. The summed E-state index contributed by atoms with van der Waals surface area (Å²) in [6.07, 6.45) is 0. The summed E-state index contributed by atoms with van der Waals surface area (Å²) in [6.45, 7) is 15.2. The first-order valence-corrected chi connectivity index (χ1v) is 11.4. The van der Waals surface area contributed by atoms with Crippen LogP contribution in [0.4, 0.5) is 5.69 Å². The highest BCUT2D eigenvalue weighted by atomic mass is 32.2. The van der Waals surface area contributed by atoms with Gasteiger partial charge in [-0.1, -0.05) is 25.6 Å². The molecular formula is C22H33N5O2S. The van der Waals surface area contributed by atoms with Gasteiger partial charge >= 0.3 is 0 Å². The van der Waals surface area contributed by atoms with Crippen LogP contribution in [0, 0.1) is 19.8 Å².